The third-order valence-electron chi connectivity index (χ3n) is 1.38. The van der Waals surface area contributed by atoms with Crippen molar-refractivity contribution in [2.45, 2.75) is 5.75 Å². The summed E-state index contributed by atoms with van der Waals surface area (Å²) in [7, 11) is 0. The van der Waals surface area contributed by atoms with Crippen LogP contribution in [0.2, 0.25) is 0 Å². The minimum absolute atomic E-state index is 0.362. The molecule has 0 aliphatic heterocycles. The SMILES string of the molecule is NC(=S)NCCSCc1nscc1Br. The number of aromatic nitrogens is 1. The normalized spacial score (nSPS) is 10.1. The highest BCUT2D eigenvalue weighted by Crippen LogP contribution is 2.21. The van der Waals surface area contributed by atoms with E-state index >= 15 is 0 Å². The molecular formula is C7H10BrN3S3. The zero-order valence-electron chi connectivity index (χ0n) is 7.33. The zero-order valence-corrected chi connectivity index (χ0v) is 11.4. The minimum atomic E-state index is 0.362. The third kappa shape index (κ3) is 4.59. The van der Waals surface area contributed by atoms with Gasteiger partial charge in [-0.05, 0) is 39.7 Å². The Hall–Kier alpha value is 0.150. The molecule has 0 radical (unpaired) electrons. The number of nitrogens with one attached hydrogen (secondary N) is 1. The van der Waals surface area contributed by atoms with Crippen molar-refractivity contribution in [1.29, 1.82) is 0 Å². The van der Waals surface area contributed by atoms with Crippen LogP contribution in [0.1, 0.15) is 5.69 Å². The summed E-state index contributed by atoms with van der Waals surface area (Å²) in [5, 5.41) is 5.25. The molecule has 78 valence electrons. The summed E-state index contributed by atoms with van der Waals surface area (Å²) in [5.41, 5.74) is 6.39. The molecule has 7 heteroatoms. The Kier molecular flexibility index (Phi) is 5.76. The molecule has 0 spiro atoms. The average molecular weight is 312 g/mol. The predicted octanol–water partition coefficient (Wildman–Crippen LogP) is 1.97. The van der Waals surface area contributed by atoms with Crippen LogP contribution in [0.3, 0.4) is 0 Å². The van der Waals surface area contributed by atoms with E-state index in [1.54, 1.807) is 11.8 Å². The Morgan fingerprint density at radius 2 is 2.57 bits per heavy atom. The van der Waals surface area contributed by atoms with Gasteiger partial charge in [0.05, 0.1) is 10.2 Å². The molecule has 0 aliphatic carbocycles. The Labute approximate surface area is 105 Å². The lowest BCUT2D eigenvalue weighted by Gasteiger charge is -2.02. The number of nitrogens with two attached hydrogens (primary N) is 1. The maximum atomic E-state index is 5.29. The van der Waals surface area contributed by atoms with Crippen molar-refractivity contribution in [2.75, 3.05) is 12.3 Å². The van der Waals surface area contributed by atoms with Crippen LogP contribution in [0.25, 0.3) is 0 Å². The maximum absolute atomic E-state index is 5.29. The molecule has 14 heavy (non-hydrogen) atoms. The van der Waals surface area contributed by atoms with Gasteiger partial charge in [0.15, 0.2) is 5.11 Å². The van der Waals surface area contributed by atoms with Crippen LogP contribution >= 0.6 is 51.4 Å². The second-order valence-electron chi connectivity index (χ2n) is 2.45. The van der Waals surface area contributed by atoms with E-state index in [0.29, 0.717) is 5.11 Å². The van der Waals surface area contributed by atoms with Crippen LogP contribution < -0.4 is 11.1 Å². The van der Waals surface area contributed by atoms with E-state index in [9.17, 15) is 0 Å². The fourth-order valence-corrected chi connectivity index (χ4v) is 3.10. The summed E-state index contributed by atoms with van der Waals surface area (Å²) < 4.78 is 5.35. The molecule has 0 atom stereocenters. The monoisotopic (exact) mass is 311 g/mol. The number of nitrogens with zero attached hydrogens (tertiary/aromatic N) is 1. The van der Waals surface area contributed by atoms with Crippen molar-refractivity contribution in [2.24, 2.45) is 5.73 Å². The van der Waals surface area contributed by atoms with E-state index in [-0.39, 0.29) is 0 Å². The van der Waals surface area contributed by atoms with Crippen LogP contribution in [-0.2, 0) is 5.75 Å². The largest absolute Gasteiger partial charge is 0.376 e. The van der Waals surface area contributed by atoms with Crippen LogP contribution in [0.5, 0.6) is 0 Å². The van der Waals surface area contributed by atoms with Gasteiger partial charge in [-0.2, -0.15) is 16.1 Å². The summed E-state index contributed by atoms with van der Waals surface area (Å²) in [6.45, 7) is 0.807. The van der Waals surface area contributed by atoms with Crippen LogP contribution in [0.4, 0.5) is 0 Å². The summed E-state index contributed by atoms with van der Waals surface area (Å²) >= 11 is 11.4. The lowest BCUT2D eigenvalue weighted by atomic mass is 10.5. The molecule has 0 bridgehead atoms. The summed E-state index contributed by atoms with van der Waals surface area (Å²) in [6, 6.07) is 0. The van der Waals surface area contributed by atoms with Crippen LogP contribution in [0.15, 0.2) is 9.85 Å². The zero-order chi connectivity index (χ0) is 10.4. The van der Waals surface area contributed by atoms with Gasteiger partial charge in [0.25, 0.3) is 0 Å². The highest BCUT2D eigenvalue weighted by atomic mass is 79.9. The van der Waals surface area contributed by atoms with Crippen LogP contribution in [-0.4, -0.2) is 21.8 Å². The van der Waals surface area contributed by atoms with Gasteiger partial charge in [0.2, 0.25) is 0 Å². The Morgan fingerprint density at radius 1 is 1.79 bits per heavy atom. The maximum Gasteiger partial charge on any atom is 0.163 e. The van der Waals surface area contributed by atoms with E-state index in [0.717, 1.165) is 28.2 Å². The molecule has 0 saturated heterocycles. The molecule has 1 aromatic rings. The van der Waals surface area contributed by atoms with E-state index in [4.69, 9.17) is 5.73 Å². The number of hydrogen-bond acceptors (Lipinski definition) is 4. The van der Waals surface area contributed by atoms with E-state index in [2.05, 4.69) is 37.8 Å². The summed E-state index contributed by atoms with van der Waals surface area (Å²) in [5.74, 6) is 1.89. The Morgan fingerprint density at radius 3 is 3.14 bits per heavy atom. The summed E-state index contributed by atoms with van der Waals surface area (Å²) in [4.78, 5) is 0. The quantitative estimate of drug-likeness (QED) is 0.643. The lowest BCUT2D eigenvalue weighted by Crippen LogP contribution is -2.30. The number of thioether (sulfide) groups is 1. The Balaban J connectivity index is 2.10. The van der Waals surface area contributed by atoms with Crippen molar-refractivity contribution in [1.82, 2.24) is 9.69 Å². The molecule has 0 aromatic carbocycles. The number of hydrogen-bond donors (Lipinski definition) is 2. The molecule has 1 heterocycles. The molecule has 0 fully saturated rings. The minimum Gasteiger partial charge on any atom is -0.376 e. The van der Waals surface area contributed by atoms with Crippen molar-refractivity contribution in [3.63, 3.8) is 0 Å². The molecule has 1 rings (SSSR count). The molecule has 0 saturated carbocycles. The fourth-order valence-electron chi connectivity index (χ4n) is 0.758. The third-order valence-corrected chi connectivity index (χ3v) is 4.15. The molecule has 0 aliphatic rings. The predicted molar refractivity (Wildman–Crippen MR) is 70.8 cm³/mol. The van der Waals surface area contributed by atoms with E-state index in [1.165, 1.54) is 11.5 Å². The fraction of sp³-hybridized carbons (Fsp3) is 0.429. The standard InChI is InChI=1S/C7H10BrN3S3/c8-5-3-14-11-6(5)4-13-2-1-10-7(9)12/h3H,1-2,4H2,(H3,9,10,12). The van der Waals surface area contributed by atoms with Crippen molar-refractivity contribution >= 4 is 56.6 Å². The lowest BCUT2D eigenvalue weighted by molar-refractivity contribution is 0.982. The number of thiocarbonyl (C=S) groups is 1. The van der Waals surface area contributed by atoms with Crippen molar-refractivity contribution in [3.05, 3.63) is 15.5 Å². The molecule has 0 unspecified atom stereocenters. The van der Waals surface area contributed by atoms with Gasteiger partial charge in [-0.25, -0.2) is 0 Å². The second kappa shape index (κ2) is 6.60. The van der Waals surface area contributed by atoms with Gasteiger partial charge in [-0.15, -0.1) is 0 Å². The smallest absolute Gasteiger partial charge is 0.163 e. The average Bonchev–Trinajstić information content (AvgIpc) is 2.51. The molecule has 1 aromatic heterocycles. The molecule has 0 amide bonds. The first-order valence-corrected chi connectivity index (χ1v) is 7.09. The van der Waals surface area contributed by atoms with Gasteiger partial charge < -0.3 is 11.1 Å². The van der Waals surface area contributed by atoms with Crippen molar-refractivity contribution in [3.8, 4) is 0 Å². The van der Waals surface area contributed by atoms with E-state index in [1.807, 2.05) is 5.38 Å². The topological polar surface area (TPSA) is 50.9 Å². The first kappa shape index (κ1) is 12.2. The molecule has 3 nitrogen and oxygen atoms in total. The van der Waals surface area contributed by atoms with Gasteiger partial charge in [-0.3, -0.25) is 0 Å². The first-order chi connectivity index (χ1) is 6.70. The molecular weight excluding hydrogens is 302 g/mol. The van der Waals surface area contributed by atoms with Crippen molar-refractivity contribution < 1.29 is 0 Å². The Bertz CT molecular complexity index is 302. The highest BCUT2D eigenvalue weighted by Gasteiger charge is 2.02. The van der Waals surface area contributed by atoms with Gasteiger partial charge in [0.1, 0.15) is 0 Å². The van der Waals surface area contributed by atoms with Crippen LogP contribution in [0, 0.1) is 0 Å². The second-order valence-corrected chi connectivity index (χ2v) is 5.48. The van der Waals surface area contributed by atoms with Gasteiger partial charge in [0, 0.05) is 23.4 Å². The molecule has 3 N–H and O–H groups in total. The van der Waals surface area contributed by atoms with Gasteiger partial charge >= 0.3 is 0 Å². The number of halogens is 1. The highest BCUT2D eigenvalue weighted by molar-refractivity contribution is 9.10. The van der Waals surface area contributed by atoms with Gasteiger partial charge in [-0.1, -0.05) is 0 Å². The summed E-state index contributed by atoms with van der Waals surface area (Å²) in [6.07, 6.45) is 0. The number of rotatable bonds is 5. The first-order valence-electron chi connectivity index (χ1n) is 3.90. The van der Waals surface area contributed by atoms with E-state index < -0.39 is 0 Å².